The number of para-hydroxylation sites is 1. The van der Waals surface area contributed by atoms with Crippen LogP contribution in [0.2, 0.25) is 0 Å². The summed E-state index contributed by atoms with van der Waals surface area (Å²) in [6, 6.07) is 11.3. The molecule has 2 aromatic carbocycles. The molecule has 1 aliphatic heterocycles. The summed E-state index contributed by atoms with van der Waals surface area (Å²) < 4.78 is 43.9. The molecule has 3 aromatic rings. The topological polar surface area (TPSA) is 57.9 Å². The highest BCUT2D eigenvalue weighted by molar-refractivity contribution is 7.16. The van der Waals surface area contributed by atoms with Crippen LogP contribution in [0.5, 0.6) is 5.75 Å². The number of rotatable bonds is 5. The van der Waals surface area contributed by atoms with E-state index in [1.54, 1.807) is 10.6 Å². The number of aromatic nitrogens is 1. The number of aliphatic hydroxyl groups excluding tert-OH is 1. The van der Waals surface area contributed by atoms with Crippen LogP contribution in [0.15, 0.2) is 47.3 Å². The molecule has 1 saturated heterocycles. The van der Waals surface area contributed by atoms with Gasteiger partial charge in [0, 0.05) is 13.1 Å². The molecule has 2 heterocycles. The highest BCUT2D eigenvalue weighted by Gasteiger charge is 2.31. The Morgan fingerprint density at radius 3 is 2.66 bits per heavy atom. The highest BCUT2D eigenvalue weighted by atomic mass is 32.1. The number of benzene rings is 2. The summed E-state index contributed by atoms with van der Waals surface area (Å²) in [5.41, 5.74) is 2.13. The van der Waals surface area contributed by atoms with E-state index in [0.29, 0.717) is 25.3 Å². The van der Waals surface area contributed by atoms with Crippen LogP contribution in [0.1, 0.15) is 5.56 Å². The molecule has 1 aromatic heterocycles. The minimum Gasteiger partial charge on any atom is -0.406 e. The Morgan fingerprint density at radius 1 is 1.14 bits per heavy atom. The second-order valence-corrected chi connectivity index (χ2v) is 7.71. The first-order valence-corrected chi connectivity index (χ1v) is 9.71. The van der Waals surface area contributed by atoms with Crippen LogP contribution in [0.4, 0.5) is 18.9 Å². The average molecular weight is 425 g/mol. The van der Waals surface area contributed by atoms with Gasteiger partial charge in [-0.2, -0.15) is 0 Å². The summed E-state index contributed by atoms with van der Waals surface area (Å²) in [4.78, 5) is 16.4. The summed E-state index contributed by atoms with van der Waals surface area (Å²) in [6.07, 6.45) is -4.77. The molecule has 0 amide bonds. The first kappa shape index (κ1) is 19.7. The summed E-state index contributed by atoms with van der Waals surface area (Å²) >= 11 is 1.10. The lowest BCUT2D eigenvalue weighted by Gasteiger charge is -2.20. The largest absolute Gasteiger partial charge is 0.573 e. The third kappa shape index (κ3) is 4.24. The van der Waals surface area contributed by atoms with Gasteiger partial charge in [-0.3, -0.25) is 14.3 Å². The maximum Gasteiger partial charge on any atom is 0.573 e. The van der Waals surface area contributed by atoms with Crippen molar-refractivity contribution < 1.29 is 23.0 Å². The Hall–Kier alpha value is -2.56. The molecular formula is C19H18F3N3O3S. The quantitative estimate of drug-likeness (QED) is 0.681. The minimum atomic E-state index is -4.77. The summed E-state index contributed by atoms with van der Waals surface area (Å²) in [7, 11) is 0. The fourth-order valence-corrected chi connectivity index (χ4v) is 4.40. The van der Waals surface area contributed by atoms with Gasteiger partial charge in [-0.15, -0.1) is 13.2 Å². The van der Waals surface area contributed by atoms with E-state index < -0.39 is 6.36 Å². The Balaban J connectivity index is 1.71. The fraction of sp³-hybridized carbons (Fsp3) is 0.316. The van der Waals surface area contributed by atoms with Crippen molar-refractivity contribution in [2.24, 2.45) is 0 Å². The molecule has 1 N–H and O–H groups in total. The molecule has 0 aliphatic carbocycles. The van der Waals surface area contributed by atoms with Crippen LogP contribution in [0.25, 0.3) is 10.2 Å². The third-order valence-electron chi connectivity index (χ3n) is 4.74. The molecule has 154 valence electrons. The van der Waals surface area contributed by atoms with Crippen molar-refractivity contribution >= 4 is 27.2 Å². The van der Waals surface area contributed by atoms with Crippen LogP contribution in [-0.4, -0.2) is 47.4 Å². The lowest BCUT2D eigenvalue weighted by atomic mass is 10.2. The predicted octanol–water partition coefficient (Wildman–Crippen LogP) is 3.04. The first-order valence-electron chi connectivity index (χ1n) is 8.89. The van der Waals surface area contributed by atoms with Crippen molar-refractivity contribution in [1.29, 1.82) is 0 Å². The lowest BCUT2D eigenvalue weighted by molar-refractivity contribution is -0.274. The molecule has 10 heteroatoms. The molecule has 0 spiro atoms. The van der Waals surface area contributed by atoms with E-state index >= 15 is 0 Å². The Labute approximate surface area is 168 Å². The Bertz CT molecular complexity index is 1080. The maximum atomic E-state index is 12.6. The van der Waals surface area contributed by atoms with Gasteiger partial charge in [-0.1, -0.05) is 29.5 Å². The van der Waals surface area contributed by atoms with E-state index in [1.807, 2.05) is 23.1 Å². The van der Waals surface area contributed by atoms with E-state index in [0.717, 1.165) is 27.2 Å². The van der Waals surface area contributed by atoms with Crippen LogP contribution in [-0.2, 0) is 6.54 Å². The Morgan fingerprint density at radius 2 is 1.93 bits per heavy atom. The smallest absolute Gasteiger partial charge is 0.406 e. The van der Waals surface area contributed by atoms with E-state index in [2.05, 4.69) is 9.64 Å². The van der Waals surface area contributed by atoms with Gasteiger partial charge in [0.15, 0.2) is 0 Å². The average Bonchev–Trinajstić information content (AvgIpc) is 3.25. The number of ether oxygens (including phenoxy) is 1. The van der Waals surface area contributed by atoms with Crippen molar-refractivity contribution in [1.82, 2.24) is 9.47 Å². The molecular weight excluding hydrogens is 407 g/mol. The molecule has 0 saturated carbocycles. The van der Waals surface area contributed by atoms with Crippen molar-refractivity contribution in [3.63, 3.8) is 0 Å². The van der Waals surface area contributed by atoms with Crippen LogP contribution >= 0.6 is 11.3 Å². The van der Waals surface area contributed by atoms with Crippen LogP contribution in [0, 0.1) is 0 Å². The van der Waals surface area contributed by atoms with E-state index in [4.69, 9.17) is 0 Å². The van der Waals surface area contributed by atoms with Crippen LogP contribution in [0.3, 0.4) is 0 Å². The first-order chi connectivity index (χ1) is 13.8. The van der Waals surface area contributed by atoms with Gasteiger partial charge in [0.25, 0.3) is 0 Å². The predicted molar refractivity (Wildman–Crippen MR) is 104 cm³/mol. The van der Waals surface area contributed by atoms with Gasteiger partial charge >= 0.3 is 11.2 Å². The van der Waals surface area contributed by atoms with Gasteiger partial charge in [0.05, 0.1) is 35.8 Å². The molecule has 6 nitrogen and oxygen atoms in total. The molecule has 29 heavy (non-hydrogen) atoms. The maximum absolute atomic E-state index is 12.6. The molecule has 1 aliphatic rings. The van der Waals surface area contributed by atoms with Crippen molar-refractivity contribution in [2.75, 3.05) is 31.4 Å². The second-order valence-electron chi connectivity index (χ2n) is 6.71. The number of thiazole rings is 1. The molecule has 0 bridgehead atoms. The number of hydrogen-bond acceptors (Lipinski definition) is 6. The highest BCUT2D eigenvalue weighted by Crippen LogP contribution is 2.31. The van der Waals surface area contributed by atoms with E-state index in [1.165, 1.54) is 18.2 Å². The SMILES string of the molecule is O=c1sc2cccc(N3CCN(CO)C3)c2n1Cc1cccc(OC(F)(F)F)c1. The number of fused-ring (bicyclic) bond motifs is 1. The van der Waals surface area contributed by atoms with Gasteiger partial charge < -0.3 is 14.7 Å². The number of halogens is 3. The lowest BCUT2D eigenvalue weighted by Crippen LogP contribution is -2.26. The van der Waals surface area contributed by atoms with Crippen molar-refractivity contribution in [3.8, 4) is 5.75 Å². The zero-order valence-electron chi connectivity index (χ0n) is 15.2. The molecule has 4 rings (SSSR count). The standard InChI is InChI=1S/C19H18F3N3O3S/c20-19(21,22)28-14-4-1-3-13(9-14)10-25-17-15(24-8-7-23(11-24)12-26)5-2-6-16(17)29-18(25)27/h1-6,9,26H,7-8,10-12H2. The number of alkyl halides is 3. The second kappa shape index (κ2) is 7.69. The van der Waals surface area contributed by atoms with Gasteiger partial charge in [0.1, 0.15) is 5.75 Å². The molecule has 1 fully saturated rings. The number of nitrogens with zero attached hydrogens (tertiary/aromatic N) is 3. The van der Waals surface area contributed by atoms with Gasteiger partial charge in [-0.05, 0) is 29.8 Å². The normalized spacial score (nSPS) is 15.4. The monoisotopic (exact) mass is 425 g/mol. The minimum absolute atomic E-state index is 0.0467. The number of hydrogen-bond donors (Lipinski definition) is 1. The summed E-state index contributed by atoms with van der Waals surface area (Å²) in [5.74, 6) is -0.319. The van der Waals surface area contributed by atoms with Crippen molar-refractivity contribution in [3.05, 3.63) is 57.7 Å². The van der Waals surface area contributed by atoms with Gasteiger partial charge in [0.2, 0.25) is 0 Å². The van der Waals surface area contributed by atoms with Crippen LogP contribution < -0.4 is 14.5 Å². The molecule has 0 atom stereocenters. The van der Waals surface area contributed by atoms with Gasteiger partial charge in [-0.25, -0.2) is 0 Å². The zero-order valence-corrected chi connectivity index (χ0v) is 16.0. The Kier molecular flexibility index (Phi) is 5.24. The number of anilines is 1. The van der Waals surface area contributed by atoms with E-state index in [9.17, 15) is 23.1 Å². The summed E-state index contributed by atoms with van der Waals surface area (Å²) in [5, 5.41) is 9.36. The summed E-state index contributed by atoms with van der Waals surface area (Å²) in [6.45, 7) is 2.03. The third-order valence-corrected chi connectivity index (χ3v) is 5.68. The number of aliphatic hydroxyl groups is 1. The zero-order chi connectivity index (χ0) is 20.6. The van der Waals surface area contributed by atoms with Crippen molar-refractivity contribution in [2.45, 2.75) is 12.9 Å². The fourth-order valence-electron chi connectivity index (χ4n) is 3.48. The molecule has 0 unspecified atom stereocenters. The van der Waals surface area contributed by atoms with E-state index in [-0.39, 0.29) is 23.9 Å². The molecule has 0 radical (unpaired) electrons.